The minimum Gasteiger partial charge on any atom is -0.370 e. The van der Waals surface area contributed by atoms with Crippen molar-refractivity contribution < 1.29 is 4.74 Å². The van der Waals surface area contributed by atoms with Crippen molar-refractivity contribution in [3.8, 4) is 0 Å². The highest BCUT2D eigenvalue weighted by Gasteiger charge is 2.26. The molecular formula is C11H16N2O3. The standard InChI is InChI=1S/C11H16N2O3/c1-11(2,3)13-9(14)7-5-16-6-8(7)12(4)10(13)15/h5-6H2,1-4H3. The third-order valence-corrected chi connectivity index (χ3v) is 2.85. The van der Waals surface area contributed by atoms with Crippen molar-refractivity contribution in [1.29, 1.82) is 0 Å². The second-order valence-corrected chi connectivity index (χ2v) is 5.07. The number of fused-ring (bicyclic) bond motifs is 1. The van der Waals surface area contributed by atoms with Gasteiger partial charge in [0.05, 0.1) is 24.5 Å². The van der Waals surface area contributed by atoms with Gasteiger partial charge >= 0.3 is 5.69 Å². The summed E-state index contributed by atoms with van der Waals surface area (Å²) in [4.78, 5) is 24.2. The summed E-state index contributed by atoms with van der Waals surface area (Å²) in [7, 11) is 1.68. The summed E-state index contributed by atoms with van der Waals surface area (Å²) in [5.41, 5.74) is 0.307. The van der Waals surface area contributed by atoms with Crippen LogP contribution < -0.4 is 11.2 Å². The van der Waals surface area contributed by atoms with Crippen LogP contribution in [-0.4, -0.2) is 9.13 Å². The number of hydrogen-bond acceptors (Lipinski definition) is 3. The van der Waals surface area contributed by atoms with Gasteiger partial charge in [0.2, 0.25) is 0 Å². The predicted molar refractivity (Wildman–Crippen MR) is 59.4 cm³/mol. The van der Waals surface area contributed by atoms with E-state index in [2.05, 4.69) is 0 Å². The molecule has 2 heterocycles. The molecule has 16 heavy (non-hydrogen) atoms. The molecule has 2 rings (SSSR count). The predicted octanol–water partition coefficient (Wildman–Crippen LogP) is 0.332. The highest BCUT2D eigenvalue weighted by atomic mass is 16.5. The van der Waals surface area contributed by atoms with Crippen molar-refractivity contribution in [2.45, 2.75) is 39.5 Å². The van der Waals surface area contributed by atoms with E-state index in [0.717, 1.165) is 0 Å². The lowest BCUT2D eigenvalue weighted by molar-refractivity contribution is 0.131. The van der Waals surface area contributed by atoms with Gasteiger partial charge in [-0.3, -0.25) is 13.9 Å². The van der Waals surface area contributed by atoms with Crippen LogP contribution in [0.25, 0.3) is 0 Å². The zero-order valence-electron chi connectivity index (χ0n) is 10.0. The van der Waals surface area contributed by atoms with Gasteiger partial charge in [-0.05, 0) is 20.8 Å². The first-order valence-corrected chi connectivity index (χ1v) is 5.26. The van der Waals surface area contributed by atoms with Crippen molar-refractivity contribution in [3.05, 3.63) is 32.1 Å². The lowest BCUT2D eigenvalue weighted by atomic mass is 10.1. The molecule has 0 fully saturated rings. The van der Waals surface area contributed by atoms with E-state index in [0.29, 0.717) is 24.5 Å². The number of nitrogens with zero attached hydrogens (tertiary/aromatic N) is 2. The smallest absolute Gasteiger partial charge is 0.331 e. The maximum atomic E-state index is 12.2. The van der Waals surface area contributed by atoms with Gasteiger partial charge in [0.15, 0.2) is 0 Å². The van der Waals surface area contributed by atoms with Crippen LogP contribution in [0.5, 0.6) is 0 Å². The number of hydrogen-bond donors (Lipinski definition) is 0. The van der Waals surface area contributed by atoms with E-state index in [1.807, 2.05) is 20.8 Å². The molecule has 0 radical (unpaired) electrons. The summed E-state index contributed by atoms with van der Waals surface area (Å²) in [5, 5.41) is 0. The Morgan fingerprint density at radius 1 is 1.19 bits per heavy atom. The molecule has 1 aromatic heterocycles. The van der Waals surface area contributed by atoms with Crippen LogP contribution in [0.3, 0.4) is 0 Å². The maximum Gasteiger partial charge on any atom is 0.331 e. The summed E-state index contributed by atoms with van der Waals surface area (Å²) < 4.78 is 8.03. The van der Waals surface area contributed by atoms with Gasteiger partial charge < -0.3 is 4.74 Å². The average Bonchev–Trinajstić information content (AvgIpc) is 2.61. The molecule has 5 nitrogen and oxygen atoms in total. The first kappa shape index (κ1) is 11.1. The third kappa shape index (κ3) is 1.43. The molecule has 1 aromatic rings. The van der Waals surface area contributed by atoms with Gasteiger partial charge in [-0.2, -0.15) is 0 Å². The molecule has 88 valence electrons. The van der Waals surface area contributed by atoms with E-state index in [-0.39, 0.29) is 11.2 Å². The Balaban J connectivity index is 2.89. The molecule has 0 unspecified atom stereocenters. The quantitative estimate of drug-likeness (QED) is 0.638. The minimum atomic E-state index is -0.510. The average molecular weight is 224 g/mol. The van der Waals surface area contributed by atoms with Crippen LogP contribution in [0.4, 0.5) is 0 Å². The number of aromatic nitrogens is 2. The summed E-state index contributed by atoms with van der Waals surface area (Å²) >= 11 is 0. The first-order chi connectivity index (χ1) is 7.34. The summed E-state index contributed by atoms with van der Waals surface area (Å²) in [6.07, 6.45) is 0. The summed E-state index contributed by atoms with van der Waals surface area (Å²) in [6, 6.07) is 0. The zero-order valence-corrected chi connectivity index (χ0v) is 10.0. The van der Waals surface area contributed by atoms with Crippen molar-refractivity contribution in [2.24, 2.45) is 7.05 Å². The highest BCUT2D eigenvalue weighted by molar-refractivity contribution is 5.20. The fraction of sp³-hybridized carbons (Fsp3) is 0.636. The molecule has 0 N–H and O–H groups in total. The van der Waals surface area contributed by atoms with E-state index in [1.54, 1.807) is 7.05 Å². The Hall–Kier alpha value is -1.36. The summed E-state index contributed by atoms with van der Waals surface area (Å²) in [6.45, 7) is 6.19. The van der Waals surface area contributed by atoms with Crippen LogP contribution in [0, 0.1) is 0 Å². The lowest BCUT2D eigenvalue weighted by Gasteiger charge is -2.23. The van der Waals surface area contributed by atoms with Gasteiger partial charge in [-0.15, -0.1) is 0 Å². The van der Waals surface area contributed by atoms with Crippen molar-refractivity contribution in [1.82, 2.24) is 9.13 Å². The van der Waals surface area contributed by atoms with Gasteiger partial charge in [0.1, 0.15) is 0 Å². The van der Waals surface area contributed by atoms with E-state index < -0.39 is 5.54 Å². The monoisotopic (exact) mass is 224 g/mol. The molecule has 0 aromatic carbocycles. The van der Waals surface area contributed by atoms with Crippen molar-refractivity contribution >= 4 is 0 Å². The molecule has 0 spiro atoms. The van der Waals surface area contributed by atoms with Crippen LogP contribution >= 0.6 is 0 Å². The first-order valence-electron chi connectivity index (χ1n) is 5.26. The molecule has 5 heteroatoms. The summed E-state index contributed by atoms with van der Waals surface area (Å²) in [5.74, 6) is 0. The fourth-order valence-electron chi connectivity index (χ4n) is 1.98. The molecule has 0 saturated carbocycles. The van der Waals surface area contributed by atoms with Crippen molar-refractivity contribution in [3.63, 3.8) is 0 Å². The third-order valence-electron chi connectivity index (χ3n) is 2.85. The van der Waals surface area contributed by atoms with Crippen LogP contribution in [0.15, 0.2) is 9.59 Å². The molecule has 1 aliphatic heterocycles. The van der Waals surface area contributed by atoms with Gasteiger partial charge in [-0.25, -0.2) is 4.79 Å². The zero-order chi connectivity index (χ0) is 12.1. The van der Waals surface area contributed by atoms with Gasteiger partial charge in [0, 0.05) is 12.6 Å². The van der Waals surface area contributed by atoms with Crippen LogP contribution in [0.1, 0.15) is 32.0 Å². The van der Waals surface area contributed by atoms with Crippen molar-refractivity contribution in [2.75, 3.05) is 0 Å². The molecule has 0 aliphatic carbocycles. The molecular weight excluding hydrogens is 208 g/mol. The highest BCUT2D eigenvalue weighted by Crippen LogP contribution is 2.15. The molecule has 0 atom stereocenters. The largest absolute Gasteiger partial charge is 0.370 e. The SMILES string of the molecule is Cn1c2c(c(=O)n(C(C)(C)C)c1=O)COC2. The second-order valence-electron chi connectivity index (χ2n) is 5.07. The Kier molecular flexibility index (Phi) is 2.31. The Morgan fingerprint density at radius 3 is 2.38 bits per heavy atom. The van der Waals surface area contributed by atoms with Gasteiger partial charge in [-0.1, -0.05) is 0 Å². The maximum absolute atomic E-state index is 12.2. The van der Waals surface area contributed by atoms with E-state index in [1.165, 1.54) is 9.13 Å². The molecule has 0 saturated heterocycles. The Bertz CT molecular complexity index is 546. The minimum absolute atomic E-state index is 0.219. The Morgan fingerprint density at radius 2 is 1.81 bits per heavy atom. The number of rotatable bonds is 0. The fourth-order valence-corrected chi connectivity index (χ4v) is 1.98. The second kappa shape index (κ2) is 3.31. The van der Waals surface area contributed by atoms with E-state index in [4.69, 9.17) is 4.74 Å². The normalized spacial score (nSPS) is 15.2. The molecule has 1 aliphatic rings. The molecule has 0 amide bonds. The Labute approximate surface area is 93.3 Å². The van der Waals surface area contributed by atoms with E-state index in [9.17, 15) is 9.59 Å². The van der Waals surface area contributed by atoms with Crippen LogP contribution in [-0.2, 0) is 30.5 Å². The van der Waals surface area contributed by atoms with Crippen LogP contribution in [0.2, 0.25) is 0 Å². The van der Waals surface area contributed by atoms with Gasteiger partial charge in [0.25, 0.3) is 5.56 Å². The molecule has 0 bridgehead atoms. The van der Waals surface area contributed by atoms with E-state index >= 15 is 0 Å². The topological polar surface area (TPSA) is 53.2 Å². The lowest BCUT2D eigenvalue weighted by Crippen LogP contribution is -2.48. The number of ether oxygens (including phenoxy) is 1.